The molecule has 1 heterocycles. The lowest BCUT2D eigenvalue weighted by Gasteiger charge is -2.16. The summed E-state index contributed by atoms with van der Waals surface area (Å²) in [7, 11) is 0. The molecule has 100 valence electrons. The van der Waals surface area contributed by atoms with Gasteiger partial charge in [-0.15, -0.1) is 0 Å². The number of aromatic nitrogens is 2. The summed E-state index contributed by atoms with van der Waals surface area (Å²) in [5, 5.41) is 11.1. The van der Waals surface area contributed by atoms with E-state index >= 15 is 0 Å². The Balaban J connectivity index is 2.56. The van der Waals surface area contributed by atoms with Crippen LogP contribution in [0.1, 0.15) is 6.92 Å². The van der Waals surface area contributed by atoms with Crippen LogP contribution in [0.5, 0.6) is 6.01 Å². The van der Waals surface area contributed by atoms with Gasteiger partial charge < -0.3 is 9.84 Å². The van der Waals surface area contributed by atoms with Crippen LogP contribution in [0.15, 0.2) is 18.2 Å². The van der Waals surface area contributed by atoms with Crippen LogP contribution in [0.4, 0.5) is 10.6 Å². The number of hydrazine groups is 1. The zero-order chi connectivity index (χ0) is 14.0. The molecule has 0 radical (unpaired) electrons. The molecule has 0 unspecified atom stereocenters. The molecule has 0 bridgehead atoms. The monoisotopic (exact) mass is 282 g/mol. The number of rotatable bonds is 2. The second-order valence-corrected chi connectivity index (χ2v) is 4.01. The van der Waals surface area contributed by atoms with Gasteiger partial charge in [0, 0.05) is 10.4 Å². The second kappa shape index (κ2) is 5.25. The van der Waals surface area contributed by atoms with E-state index in [0.717, 1.165) is 0 Å². The molecule has 0 atom stereocenters. The zero-order valence-corrected chi connectivity index (χ0v) is 10.8. The first-order valence-corrected chi connectivity index (χ1v) is 5.78. The Morgan fingerprint density at radius 3 is 2.95 bits per heavy atom. The van der Waals surface area contributed by atoms with E-state index in [4.69, 9.17) is 22.2 Å². The topological polar surface area (TPSA) is 102 Å². The van der Waals surface area contributed by atoms with Crippen LogP contribution in [0.25, 0.3) is 10.9 Å². The Morgan fingerprint density at radius 2 is 2.26 bits per heavy atom. The van der Waals surface area contributed by atoms with E-state index in [1.54, 1.807) is 19.1 Å². The maximum Gasteiger partial charge on any atom is 0.430 e. The van der Waals surface area contributed by atoms with Gasteiger partial charge in [0.2, 0.25) is 0 Å². The minimum atomic E-state index is -0.781. The maximum absolute atomic E-state index is 11.6. The smallest absolute Gasteiger partial charge is 0.430 e. The summed E-state index contributed by atoms with van der Waals surface area (Å²) >= 11 is 5.84. The Morgan fingerprint density at radius 1 is 1.53 bits per heavy atom. The summed E-state index contributed by atoms with van der Waals surface area (Å²) in [5.41, 5.74) is 0.370. The van der Waals surface area contributed by atoms with E-state index in [-0.39, 0.29) is 12.4 Å². The van der Waals surface area contributed by atoms with Crippen molar-refractivity contribution < 1.29 is 14.6 Å². The van der Waals surface area contributed by atoms with Crippen molar-refractivity contribution in [3.63, 3.8) is 0 Å². The molecule has 0 spiro atoms. The third-order valence-electron chi connectivity index (χ3n) is 2.32. The summed E-state index contributed by atoms with van der Waals surface area (Å²) < 4.78 is 4.76. The molecule has 2 rings (SSSR count). The van der Waals surface area contributed by atoms with Crippen molar-refractivity contribution >= 4 is 34.4 Å². The average molecular weight is 283 g/mol. The van der Waals surface area contributed by atoms with Crippen molar-refractivity contribution in [1.29, 1.82) is 0 Å². The van der Waals surface area contributed by atoms with Gasteiger partial charge in [0.05, 0.1) is 12.1 Å². The first kappa shape index (κ1) is 13.3. The first-order valence-electron chi connectivity index (χ1n) is 5.40. The van der Waals surface area contributed by atoms with E-state index in [1.807, 2.05) is 0 Å². The van der Waals surface area contributed by atoms with Gasteiger partial charge in [0.1, 0.15) is 0 Å². The van der Waals surface area contributed by atoms with Crippen LogP contribution >= 0.6 is 11.6 Å². The fourth-order valence-electron chi connectivity index (χ4n) is 1.54. The number of halogens is 1. The number of nitrogens with zero attached hydrogens (tertiary/aromatic N) is 3. The molecule has 1 amide bonds. The predicted octanol–water partition coefficient (Wildman–Crippen LogP) is 1.83. The van der Waals surface area contributed by atoms with E-state index < -0.39 is 12.1 Å². The van der Waals surface area contributed by atoms with Crippen LogP contribution in [0.2, 0.25) is 5.02 Å². The molecule has 0 fully saturated rings. The molecule has 0 aliphatic rings. The highest BCUT2D eigenvalue weighted by Gasteiger charge is 2.19. The highest BCUT2D eigenvalue weighted by Crippen LogP contribution is 2.26. The average Bonchev–Trinajstić information content (AvgIpc) is 2.36. The number of benzene rings is 1. The normalized spacial score (nSPS) is 10.5. The van der Waals surface area contributed by atoms with E-state index in [2.05, 4.69) is 9.97 Å². The van der Waals surface area contributed by atoms with E-state index in [1.165, 1.54) is 6.07 Å². The van der Waals surface area contributed by atoms with Crippen molar-refractivity contribution in [3.05, 3.63) is 23.2 Å². The van der Waals surface area contributed by atoms with Crippen LogP contribution in [-0.4, -0.2) is 27.8 Å². The molecule has 0 aliphatic carbocycles. The van der Waals surface area contributed by atoms with Gasteiger partial charge in [-0.1, -0.05) is 11.6 Å². The summed E-state index contributed by atoms with van der Waals surface area (Å²) in [6.45, 7) is 1.83. The summed E-state index contributed by atoms with van der Waals surface area (Å²) in [5.74, 6) is 5.66. The standard InChI is InChI=1S/C11H11ClN4O3/c1-2-19-11(18)16(13)9-7-4-3-6(12)5-8(7)14-10(17)15-9/h3-5H,2,13H2,1H3,(H,14,15,17). The predicted molar refractivity (Wildman–Crippen MR) is 69.9 cm³/mol. The number of aromatic hydroxyl groups is 1. The highest BCUT2D eigenvalue weighted by molar-refractivity contribution is 6.31. The lowest BCUT2D eigenvalue weighted by Crippen LogP contribution is -2.38. The summed E-state index contributed by atoms with van der Waals surface area (Å²) in [6, 6.07) is 4.23. The molecule has 3 N–H and O–H groups in total. The first-order chi connectivity index (χ1) is 9.02. The van der Waals surface area contributed by atoms with Gasteiger partial charge in [-0.2, -0.15) is 15.0 Å². The molecular weight excluding hydrogens is 272 g/mol. The van der Waals surface area contributed by atoms with Gasteiger partial charge in [0.25, 0.3) is 0 Å². The van der Waals surface area contributed by atoms with Crippen LogP contribution in [0, 0.1) is 0 Å². The number of hydrogen-bond acceptors (Lipinski definition) is 6. The Hall–Kier alpha value is -2.12. The quantitative estimate of drug-likeness (QED) is 0.495. The van der Waals surface area contributed by atoms with Crippen molar-refractivity contribution in [2.24, 2.45) is 5.84 Å². The number of anilines is 1. The zero-order valence-electron chi connectivity index (χ0n) is 10.00. The van der Waals surface area contributed by atoms with Crippen LogP contribution < -0.4 is 10.9 Å². The largest absolute Gasteiger partial charge is 0.479 e. The van der Waals surface area contributed by atoms with Gasteiger partial charge in [-0.3, -0.25) is 0 Å². The second-order valence-electron chi connectivity index (χ2n) is 3.58. The lowest BCUT2D eigenvalue weighted by molar-refractivity contribution is 0.159. The Kier molecular flexibility index (Phi) is 3.68. The van der Waals surface area contributed by atoms with E-state index in [0.29, 0.717) is 20.9 Å². The molecule has 0 aliphatic heterocycles. The molecule has 0 saturated carbocycles. The number of amides is 1. The van der Waals surface area contributed by atoms with Crippen LogP contribution in [0.3, 0.4) is 0 Å². The molecule has 19 heavy (non-hydrogen) atoms. The molecule has 1 aromatic carbocycles. The third-order valence-corrected chi connectivity index (χ3v) is 2.55. The van der Waals surface area contributed by atoms with Gasteiger partial charge in [-0.05, 0) is 25.1 Å². The van der Waals surface area contributed by atoms with Crippen molar-refractivity contribution in [2.45, 2.75) is 6.92 Å². The summed E-state index contributed by atoms with van der Waals surface area (Å²) in [6.07, 6.45) is -0.781. The Labute approximate surface area is 113 Å². The van der Waals surface area contributed by atoms with E-state index in [9.17, 15) is 9.90 Å². The van der Waals surface area contributed by atoms with Gasteiger partial charge >= 0.3 is 12.1 Å². The van der Waals surface area contributed by atoms with Crippen molar-refractivity contribution in [1.82, 2.24) is 9.97 Å². The number of hydrogen-bond donors (Lipinski definition) is 2. The minimum Gasteiger partial charge on any atom is -0.479 e. The molecule has 0 saturated heterocycles. The van der Waals surface area contributed by atoms with Crippen LogP contribution in [-0.2, 0) is 4.74 Å². The number of ether oxygens (including phenoxy) is 1. The number of nitrogens with two attached hydrogens (primary N) is 1. The molecule has 8 heteroatoms. The maximum atomic E-state index is 11.6. The SMILES string of the molecule is CCOC(=O)N(N)c1nc(O)nc2cc(Cl)ccc12. The number of carbonyl (C=O) groups is 1. The van der Waals surface area contributed by atoms with Gasteiger partial charge in [-0.25, -0.2) is 10.6 Å². The van der Waals surface area contributed by atoms with Gasteiger partial charge in [0.15, 0.2) is 5.82 Å². The Bertz CT molecular complexity index is 629. The molecule has 1 aromatic heterocycles. The highest BCUT2D eigenvalue weighted by atomic mass is 35.5. The fourth-order valence-corrected chi connectivity index (χ4v) is 1.70. The molecular formula is C11H11ClN4O3. The van der Waals surface area contributed by atoms with Crippen molar-refractivity contribution in [2.75, 3.05) is 11.6 Å². The number of carbonyl (C=O) groups excluding carboxylic acids is 1. The third kappa shape index (κ3) is 2.67. The summed E-state index contributed by atoms with van der Waals surface area (Å²) in [4.78, 5) is 19.1. The molecule has 2 aromatic rings. The fraction of sp³-hybridized carbons (Fsp3) is 0.182. The minimum absolute atomic E-state index is 0.0395. The number of fused-ring (bicyclic) bond motifs is 1. The van der Waals surface area contributed by atoms with Crippen molar-refractivity contribution in [3.8, 4) is 6.01 Å². The lowest BCUT2D eigenvalue weighted by atomic mass is 10.2. The molecule has 7 nitrogen and oxygen atoms in total.